The van der Waals surface area contributed by atoms with E-state index in [2.05, 4.69) is 46.5 Å². The fourth-order valence-electron chi connectivity index (χ4n) is 6.37. The third kappa shape index (κ3) is 4.75. The second-order valence-corrected chi connectivity index (χ2v) is 11.5. The molecule has 0 spiro atoms. The van der Waals surface area contributed by atoms with Crippen molar-refractivity contribution in [2.45, 2.75) is 63.5 Å². The van der Waals surface area contributed by atoms with Crippen molar-refractivity contribution in [3.63, 3.8) is 0 Å². The number of likely N-dealkylation sites (tertiary alicyclic amines) is 1. The van der Waals surface area contributed by atoms with Crippen LogP contribution < -0.4 is 0 Å². The number of carbonyl (C=O) groups is 1. The van der Waals surface area contributed by atoms with Gasteiger partial charge in [0.05, 0.1) is 19.6 Å². The predicted molar refractivity (Wildman–Crippen MR) is 132 cm³/mol. The van der Waals surface area contributed by atoms with Gasteiger partial charge in [0, 0.05) is 42.5 Å². The molecule has 4 fully saturated rings. The number of rotatable bonds is 8. The molecule has 6 heteroatoms. The molecule has 4 saturated heterocycles. The van der Waals surface area contributed by atoms with Crippen LogP contribution in [0, 0.1) is 5.92 Å². The van der Waals surface area contributed by atoms with Gasteiger partial charge in [0.1, 0.15) is 6.54 Å². The summed E-state index contributed by atoms with van der Waals surface area (Å²) < 4.78 is 7.58. The minimum absolute atomic E-state index is 0.0273. The minimum atomic E-state index is -0.660. The molecule has 2 aromatic rings. The van der Waals surface area contributed by atoms with E-state index in [0.717, 1.165) is 48.3 Å². The molecule has 4 aliphatic rings. The molecule has 0 N–H and O–H groups in total. The van der Waals surface area contributed by atoms with Crippen molar-refractivity contribution in [1.29, 1.82) is 0 Å². The molecule has 2 aromatic heterocycles. The summed E-state index contributed by atoms with van der Waals surface area (Å²) in [5, 5.41) is 2.09. The standard InChI is InChI=1S/C27H38N3O2S/c1-27(25-8-6-20-33-25,29-15-3-2-4-16-29)26(31)32-24-21-30(18-11-23(24)12-19-30)17-5-7-22-9-13-28-14-10-22/h6,8-10,13-14,20,23-24H,2-5,7,11-12,15-19,21H2,1H3/q+1/t23?,24-,27?,30?/m0/s1. The van der Waals surface area contributed by atoms with Gasteiger partial charge >= 0.3 is 5.97 Å². The summed E-state index contributed by atoms with van der Waals surface area (Å²) in [7, 11) is 0. The molecule has 1 unspecified atom stereocenters. The van der Waals surface area contributed by atoms with Crippen molar-refractivity contribution in [1.82, 2.24) is 9.88 Å². The fraction of sp³-hybridized carbons (Fsp3) is 0.630. The lowest BCUT2D eigenvalue weighted by molar-refractivity contribution is -0.946. The Balaban J connectivity index is 1.26. The number of hydrogen-bond donors (Lipinski definition) is 0. The molecule has 0 amide bonds. The highest BCUT2D eigenvalue weighted by atomic mass is 32.1. The predicted octanol–water partition coefficient (Wildman–Crippen LogP) is 4.63. The highest BCUT2D eigenvalue weighted by molar-refractivity contribution is 7.10. The number of aryl methyl sites for hydroxylation is 1. The van der Waals surface area contributed by atoms with E-state index >= 15 is 0 Å². The summed E-state index contributed by atoms with van der Waals surface area (Å²) in [5.74, 6) is 0.503. The molecule has 2 atom stereocenters. The van der Waals surface area contributed by atoms with E-state index < -0.39 is 5.54 Å². The van der Waals surface area contributed by atoms with E-state index in [0.29, 0.717) is 5.92 Å². The van der Waals surface area contributed by atoms with Crippen molar-refractivity contribution in [2.75, 3.05) is 39.3 Å². The van der Waals surface area contributed by atoms with Crippen LogP contribution in [0.2, 0.25) is 0 Å². The summed E-state index contributed by atoms with van der Waals surface area (Å²) in [6.45, 7) is 8.71. The lowest BCUT2D eigenvalue weighted by Gasteiger charge is -2.52. The van der Waals surface area contributed by atoms with Gasteiger partial charge in [-0.1, -0.05) is 12.5 Å². The molecule has 4 aliphatic heterocycles. The van der Waals surface area contributed by atoms with E-state index in [-0.39, 0.29) is 12.1 Å². The van der Waals surface area contributed by atoms with Gasteiger partial charge in [-0.3, -0.25) is 9.88 Å². The highest BCUT2D eigenvalue weighted by Gasteiger charge is 2.50. The Labute approximate surface area is 202 Å². The Kier molecular flexibility index (Phi) is 6.86. The number of hydrogen-bond acceptors (Lipinski definition) is 5. The van der Waals surface area contributed by atoms with Gasteiger partial charge in [0.25, 0.3) is 0 Å². The van der Waals surface area contributed by atoms with Gasteiger partial charge in [0.2, 0.25) is 0 Å². The van der Waals surface area contributed by atoms with Crippen LogP contribution in [-0.2, 0) is 21.5 Å². The SMILES string of the molecule is CC(C(=O)O[C@H]1C[N+]2(CCCc3ccncc3)CCC1CC2)(c1cccs1)N1CCCCC1. The third-order valence-corrected chi connectivity index (χ3v) is 9.61. The molecule has 2 bridgehead atoms. The Morgan fingerprint density at radius 2 is 1.94 bits per heavy atom. The van der Waals surface area contributed by atoms with Crippen LogP contribution in [0.4, 0.5) is 0 Å². The number of nitrogens with zero attached hydrogens (tertiary/aromatic N) is 3. The van der Waals surface area contributed by atoms with Crippen molar-refractivity contribution in [3.05, 3.63) is 52.5 Å². The van der Waals surface area contributed by atoms with Crippen LogP contribution in [0.5, 0.6) is 0 Å². The quantitative estimate of drug-likeness (QED) is 0.419. The number of pyridine rings is 1. The van der Waals surface area contributed by atoms with E-state index in [1.54, 1.807) is 11.3 Å². The zero-order chi connectivity index (χ0) is 22.7. The van der Waals surface area contributed by atoms with Gasteiger partial charge in [-0.15, -0.1) is 11.3 Å². The monoisotopic (exact) mass is 468 g/mol. The van der Waals surface area contributed by atoms with Crippen LogP contribution in [0.1, 0.15) is 55.9 Å². The number of thiophene rings is 1. The van der Waals surface area contributed by atoms with E-state index in [9.17, 15) is 4.79 Å². The number of quaternary nitrogens is 1. The molecule has 5 nitrogen and oxygen atoms in total. The fourth-order valence-corrected chi connectivity index (χ4v) is 7.27. The molecule has 0 aliphatic carbocycles. The first-order valence-electron chi connectivity index (χ1n) is 12.8. The van der Waals surface area contributed by atoms with Crippen LogP contribution in [0.25, 0.3) is 0 Å². The van der Waals surface area contributed by atoms with Gasteiger partial charge in [0.15, 0.2) is 11.6 Å². The van der Waals surface area contributed by atoms with Crippen LogP contribution in [0.3, 0.4) is 0 Å². The van der Waals surface area contributed by atoms with Crippen molar-refractivity contribution in [3.8, 4) is 0 Å². The van der Waals surface area contributed by atoms with E-state index in [1.165, 1.54) is 50.9 Å². The Hall–Kier alpha value is -1.76. The Bertz CT molecular complexity index is 905. The van der Waals surface area contributed by atoms with Crippen LogP contribution in [-0.4, -0.2) is 65.7 Å². The van der Waals surface area contributed by atoms with Crippen molar-refractivity contribution < 1.29 is 14.0 Å². The molecule has 0 saturated carbocycles. The average molecular weight is 469 g/mol. The van der Waals surface area contributed by atoms with Gasteiger partial charge in [-0.2, -0.15) is 0 Å². The molecule has 6 rings (SSSR count). The van der Waals surface area contributed by atoms with Gasteiger partial charge in [-0.05, 0) is 68.4 Å². The molecule has 0 aromatic carbocycles. The molecular formula is C27H38N3O2S+. The molecule has 6 heterocycles. The minimum Gasteiger partial charge on any atom is -0.454 e. The van der Waals surface area contributed by atoms with Crippen molar-refractivity contribution >= 4 is 17.3 Å². The Morgan fingerprint density at radius 3 is 2.64 bits per heavy atom. The maximum Gasteiger partial charge on any atom is 0.332 e. The summed E-state index contributed by atoms with van der Waals surface area (Å²) >= 11 is 1.69. The maximum absolute atomic E-state index is 13.8. The van der Waals surface area contributed by atoms with Gasteiger partial charge in [-0.25, -0.2) is 4.79 Å². The first kappa shape index (κ1) is 23.0. The largest absolute Gasteiger partial charge is 0.454 e. The molecule has 33 heavy (non-hydrogen) atoms. The first-order valence-corrected chi connectivity index (χ1v) is 13.7. The lowest BCUT2D eigenvalue weighted by atomic mass is 9.82. The zero-order valence-electron chi connectivity index (χ0n) is 20.0. The third-order valence-electron chi connectivity index (χ3n) is 8.53. The number of fused-ring (bicyclic) bond motifs is 3. The topological polar surface area (TPSA) is 42.4 Å². The normalized spacial score (nSPS) is 29.5. The number of carbonyl (C=O) groups excluding carboxylic acids is 1. The summed E-state index contributed by atoms with van der Waals surface area (Å²) in [4.78, 5) is 21.5. The zero-order valence-corrected chi connectivity index (χ0v) is 20.8. The average Bonchev–Trinajstić information content (AvgIpc) is 3.41. The number of piperidine rings is 4. The summed E-state index contributed by atoms with van der Waals surface area (Å²) in [6, 6.07) is 8.43. The number of esters is 1. The van der Waals surface area contributed by atoms with E-state index in [4.69, 9.17) is 4.74 Å². The lowest BCUT2D eigenvalue weighted by Crippen LogP contribution is -2.65. The molecule has 178 valence electrons. The molecular weight excluding hydrogens is 430 g/mol. The summed E-state index contributed by atoms with van der Waals surface area (Å²) in [5.41, 5.74) is 0.707. The maximum atomic E-state index is 13.8. The smallest absolute Gasteiger partial charge is 0.332 e. The Morgan fingerprint density at radius 1 is 1.18 bits per heavy atom. The highest BCUT2D eigenvalue weighted by Crippen LogP contribution is 2.40. The summed E-state index contributed by atoms with van der Waals surface area (Å²) in [6.07, 6.45) is 12.1. The second kappa shape index (κ2) is 9.85. The van der Waals surface area contributed by atoms with Crippen LogP contribution >= 0.6 is 11.3 Å². The van der Waals surface area contributed by atoms with Crippen molar-refractivity contribution in [2.24, 2.45) is 5.92 Å². The van der Waals surface area contributed by atoms with Crippen LogP contribution in [0.15, 0.2) is 42.0 Å². The van der Waals surface area contributed by atoms with E-state index in [1.807, 2.05) is 12.4 Å². The van der Waals surface area contributed by atoms with Gasteiger partial charge < -0.3 is 9.22 Å². The number of ether oxygens (including phenoxy) is 1. The first-order chi connectivity index (χ1) is 16.1. The molecule has 0 radical (unpaired) electrons. The second-order valence-electron chi connectivity index (χ2n) is 10.5. The number of aromatic nitrogens is 1.